The van der Waals surface area contributed by atoms with E-state index in [0.29, 0.717) is 24.2 Å². The number of nitrogens with one attached hydrogen (secondary N) is 2. The number of amides is 1. The molecule has 2 rings (SSSR count). The van der Waals surface area contributed by atoms with E-state index in [1.807, 2.05) is 18.7 Å². The Morgan fingerprint density at radius 3 is 3.10 bits per heavy atom. The molecular formula is C14H20FN3OS. The number of rotatable bonds is 5. The quantitative estimate of drug-likeness (QED) is 0.877. The minimum Gasteiger partial charge on any atom is -0.370 e. The number of carbonyl (C=O) groups excluding carboxylic acids is 1. The van der Waals surface area contributed by atoms with Gasteiger partial charge in [0, 0.05) is 18.3 Å². The lowest BCUT2D eigenvalue weighted by atomic mass is 10.2. The first kappa shape index (κ1) is 15.1. The number of hydrogen-bond acceptors (Lipinski definition) is 4. The van der Waals surface area contributed by atoms with Crippen LogP contribution in [0.15, 0.2) is 12.3 Å². The SMILES string of the molecule is CCNc1ncc(F)cc1C(=O)NCC1CCCCS1. The maximum Gasteiger partial charge on any atom is 0.255 e. The van der Waals surface area contributed by atoms with Crippen LogP contribution in [-0.4, -0.2) is 35.0 Å². The summed E-state index contributed by atoms with van der Waals surface area (Å²) < 4.78 is 13.3. The Morgan fingerprint density at radius 2 is 2.40 bits per heavy atom. The van der Waals surface area contributed by atoms with E-state index >= 15 is 0 Å². The third-order valence-corrected chi connectivity index (χ3v) is 4.61. The van der Waals surface area contributed by atoms with Crippen LogP contribution < -0.4 is 10.6 Å². The molecule has 0 spiro atoms. The molecule has 4 nitrogen and oxygen atoms in total. The van der Waals surface area contributed by atoms with E-state index in [-0.39, 0.29) is 11.5 Å². The smallest absolute Gasteiger partial charge is 0.255 e. The third-order valence-electron chi connectivity index (χ3n) is 3.21. The summed E-state index contributed by atoms with van der Waals surface area (Å²) in [7, 11) is 0. The summed E-state index contributed by atoms with van der Waals surface area (Å²) in [5, 5.41) is 6.34. The molecule has 1 aromatic rings. The lowest BCUT2D eigenvalue weighted by molar-refractivity contribution is 0.0953. The van der Waals surface area contributed by atoms with E-state index in [2.05, 4.69) is 15.6 Å². The summed E-state index contributed by atoms with van der Waals surface area (Å²) in [6.45, 7) is 3.17. The van der Waals surface area contributed by atoms with Gasteiger partial charge in [-0.25, -0.2) is 9.37 Å². The Morgan fingerprint density at radius 1 is 1.55 bits per heavy atom. The van der Waals surface area contributed by atoms with E-state index in [4.69, 9.17) is 0 Å². The van der Waals surface area contributed by atoms with Gasteiger partial charge in [0.25, 0.3) is 5.91 Å². The molecule has 1 unspecified atom stereocenters. The Balaban J connectivity index is 1.98. The van der Waals surface area contributed by atoms with Gasteiger partial charge in [0.05, 0.1) is 11.8 Å². The zero-order chi connectivity index (χ0) is 14.4. The minimum atomic E-state index is -0.496. The molecular weight excluding hydrogens is 277 g/mol. The fourth-order valence-electron chi connectivity index (χ4n) is 2.19. The molecule has 0 bridgehead atoms. The van der Waals surface area contributed by atoms with E-state index in [0.717, 1.165) is 18.4 Å². The molecule has 0 saturated carbocycles. The maximum atomic E-state index is 13.3. The number of nitrogens with zero attached hydrogens (tertiary/aromatic N) is 1. The van der Waals surface area contributed by atoms with Crippen molar-refractivity contribution in [3.05, 3.63) is 23.6 Å². The Hall–Kier alpha value is -1.30. The Bertz CT molecular complexity index is 464. The molecule has 1 saturated heterocycles. The Kier molecular flexibility index (Phi) is 5.64. The normalized spacial score (nSPS) is 18.6. The summed E-state index contributed by atoms with van der Waals surface area (Å²) in [6.07, 6.45) is 4.73. The van der Waals surface area contributed by atoms with Crippen molar-refractivity contribution in [1.82, 2.24) is 10.3 Å². The molecule has 1 atom stereocenters. The second-order valence-electron chi connectivity index (χ2n) is 4.78. The van der Waals surface area contributed by atoms with Crippen LogP contribution in [0.5, 0.6) is 0 Å². The first-order valence-electron chi connectivity index (χ1n) is 7.00. The van der Waals surface area contributed by atoms with Gasteiger partial charge in [-0.05, 0) is 31.6 Å². The monoisotopic (exact) mass is 297 g/mol. The molecule has 2 heterocycles. The van der Waals surface area contributed by atoms with Gasteiger partial charge >= 0.3 is 0 Å². The van der Waals surface area contributed by atoms with E-state index in [1.165, 1.54) is 18.9 Å². The number of thioether (sulfide) groups is 1. The summed E-state index contributed by atoms with van der Waals surface area (Å²) in [6, 6.07) is 1.23. The number of aromatic nitrogens is 1. The molecule has 0 aromatic carbocycles. The zero-order valence-corrected chi connectivity index (χ0v) is 12.4. The van der Waals surface area contributed by atoms with Crippen LogP contribution in [0.1, 0.15) is 36.5 Å². The van der Waals surface area contributed by atoms with E-state index in [9.17, 15) is 9.18 Å². The van der Waals surface area contributed by atoms with Crippen LogP contribution in [0.2, 0.25) is 0 Å². The van der Waals surface area contributed by atoms with Gasteiger partial charge in [0.15, 0.2) is 0 Å². The molecule has 0 radical (unpaired) electrons. The van der Waals surface area contributed by atoms with Crippen LogP contribution in [0.3, 0.4) is 0 Å². The minimum absolute atomic E-state index is 0.265. The van der Waals surface area contributed by atoms with Crippen molar-refractivity contribution < 1.29 is 9.18 Å². The van der Waals surface area contributed by atoms with Crippen molar-refractivity contribution >= 4 is 23.5 Å². The number of hydrogen-bond donors (Lipinski definition) is 2. The molecule has 1 amide bonds. The second-order valence-corrected chi connectivity index (χ2v) is 6.19. The maximum absolute atomic E-state index is 13.3. The molecule has 1 fully saturated rings. The van der Waals surface area contributed by atoms with Gasteiger partial charge in [-0.2, -0.15) is 11.8 Å². The fourth-order valence-corrected chi connectivity index (χ4v) is 3.43. The van der Waals surface area contributed by atoms with Gasteiger partial charge in [0.2, 0.25) is 0 Å². The highest BCUT2D eigenvalue weighted by Crippen LogP contribution is 2.24. The van der Waals surface area contributed by atoms with Crippen molar-refractivity contribution in [2.45, 2.75) is 31.4 Å². The summed E-state index contributed by atoms with van der Waals surface area (Å²) in [5.74, 6) is 0.829. The van der Waals surface area contributed by atoms with Crippen LogP contribution in [0.25, 0.3) is 0 Å². The lowest BCUT2D eigenvalue weighted by Crippen LogP contribution is -2.32. The molecule has 20 heavy (non-hydrogen) atoms. The highest BCUT2D eigenvalue weighted by atomic mass is 32.2. The van der Waals surface area contributed by atoms with Gasteiger partial charge in [-0.3, -0.25) is 4.79 Å². The summed E-state index contributed by atoms with van der Waals surface area (Å²) in [5.41, 5.74) is 0.271. The predicted molar refractivity (Wildman–Crippen MR) is 80.8 cm³/mol. The first-order valence-corrected chi connectivity index (χ1v) is 8.04. The van der Waals surface area contributed by atoms with Crippen LogP contribution >= 0.6 is 11.8 Å². The number of halogens is 1. The molecule has 1 aromatic heterocycles. The van der Waals surface area contributed by atoms with Crippen LogP contribution in [0.4, 0.5) is 10.2 Å². The lowest BCUT2D eigenvalue weighted by Gasteiger charge is -2.21. The summed E-state index contributed by atoms with van der Waals surface area (Å²) in [4.78, 5) is 16.1. The highest BCUT2D eigenvalue weighted by molar-refractivity contribution is 7.99. The van der Waals surface area contributed by atoms with E-state index < -0.39 is 5.82 Å². The van der Waals surface area contributed by atoms with Gasteiger partial charge in [0.1, 0.15) is 11.6 Å². The highest BCUT2D eigenvalue weighted by Gasteiger charge is 2.17. The van der Waals surface area contributed by atoms with Crippen LogP contribution in [-0.2, 0) is 0 Å². The van der Waals surface area contributed by atoms with Crippen molar-refractivity contribution in [3.8, 4) is 0 Å². The topological polar surface area (TPSA) is 54.0 Å². The van der Waals surface area contributed by atoms with Gasteiger partial charge in [-0.15, -0.1) is 0 Å². The fraction of sp³-hybridized carbons (Fsp3) is 0.571. The van der Waals surface area contributed by atoms with Crippen LogP contribution in [0, 0.1) is 5.82 Å². The molecule has 110 valence electrons. The molecule has 0 aliphatic carbocycles. The second kappa shape index (κ2) is 7.47. The third kappa shape index (κ3) is 4.10. The van der Waals surface area contributed by atoms with Crippen molar-refractivity contribution in [2.75, 3.05) is 24.2 Å². The van der Waals surface area contributed by atoms with Crippen molar-refractivity contribution in [3.63, 3.8) is 0 Å². The molecule has 1 aliphatic heterocycles. The number of anilines is 1. The molecule has 2 N–H and O–H groups in total. The predicted octanol–water partition coefficient (Wildman–Crippen LogP) is 2.67. The average Bonchev–Trinajstić information content (AvgIpc) is 2.48. The number of pyridine rings is 1. The van der Waals surface area contributed by atoms with Crippen molar-refractivity contribution in [2.24, 2.45) is 0 Å². The van der Waals surface area contributed by atoms with Gasteiger partial charge < -0.3 is 10.6 Å². The van der Waals surface area contributed by atoms with E-state index in [1.54, 1.807) is 0 Å². The Labute approximate surface area is 122 Å². The largest absolute Gasteiger partial charge is 0.370 e. The van der Waals surface area contributed by atoms with Gasteiger partial charge in [-0.1, -0.05) is 6.42 Å². The zero-order valence-electron chi connectivity index (χ0n) is 11.6. The molecule has 6 heteroatoms. The summed E-state index contributed by atoms with van der Waals surface area (Å²) >= 11 is 1.90. The van der Waals surface area contributed by atoms with Crippen molar-refractivity contribution in [1.29, 1.82) is 0 Å². The average molecular weight is 297 g/mol. The number of carbonyl (C=O) groups is 1. The molecule has 1 aliphatic rings. The standard InChI is InChI=1S/C14H20FN3OS/c1-2-16-13-12(7-10(15)8-17-13)14(19)18-9-11-5-3-4-6-20-11/h7-8,11H,2-6,9H2,1H3,(H,16,17)(H,18,19). The first-order chi connectivity index (χ1) is 9.70.